The van der Waals surface area contributed by atoms with Crippen LogP contribution >= 0.6 is 0 Å². The van der Waals surface area contributed by atoms with Crippen LogP contribution in [0, 0.1) is 5.82 Å². The zero-order valence-corrected chi connectivity index (χ0v) is 10.1. The van der Waals surface area contributed by atoms with Gasteiger partial charge in [-0.15, -0.1) is 0 Å². The molecular formula is C14H16FN3. The third-order valence-corrected chi connectivity index (χ3v) is 3.52. The Bertz CT molecular complexity index is 545. The molecule has 94 valence electrons. The summed E-state index contributed by atoms with van der Waals surface area (Å²) in [5, 5.41) is 0. The lowest BCUT2D eigenvalue weighted by Gasteiger charge is -2.22. The Hall–Kier alpha value is -1.68. The molecule has 2 aromatic rings. The van der Waals surface area contributed by atoms with Crippen molar-refractivity contribution in [1.29, 1.82) is 0 Å². The second-order valence-electron chi connectivity index (χ2n) is 4.80. The lowest BCUT2D eigenvalue weighted by Crippen LogP contribution is -2.22. The van der Waals surface area contributed by atoms with Gasteiger partial charge in [-0.05, 0) is 30.5 Å². The van der Waals surface area contributed by atoms with Crippen molar-refractivity contribution in [3.8, 4) is 0 Å². The van der Waals surface area contributed by atoms with Gasteiger partial charge in [-0.3, -0.25) is 0 Å². The molecule has 2 heterocycles. The van der Waals surface area contributed by atoms with Gasteiger partial charge in [0.05, 0.1) is 11.9 Å². The van der Waals surface area contributed by atoms with Gasteiger partial charge in [-0.2, -0.15) is 0 Å². The van der Waals surface area contributed by atoms with E-state index in [1.54, 1.807) is 12.1 Å². The molecule has 1 atom stereocenters. The second kappa shape index (κ2) is 4.53. The van der Waals surface area contributed by atoms with E-state index < -0.39 is 0 Å². The number of imidazole rings is 1. The Morgan fingerprint density at radius 3 is 2.89 bits per heavy atom. The highest BCUT2D eigenvalue weighted by atomic mass is 19.1. The predicted molar refractivity (Wildman–Crippen MR) is 67.6 cm³/mol. The maximum absolute atomic E-state index is 12.9. The lowest BCUT2D eigenvalue weighted by molar-refractivity contribution is 0.454. The third-order valence-electron chi connectivity index (χ3n) is 3.52. The number of nitrogens with zero attached hydrogens (tertiary/aromatic N) is 2. The van der Waals surface area contributed by atoms with Gasteiger partial charge in [-0.25, -0.2) is 9.37 Å². The van der Waals surface area contributed by atoms with Crippen molar-refractivity contribution in [2.24, 2.45) is 5.73 Å². The molecule has 1 aliphatic heterocycles. The average molecular weight is 245 g/mol. The molecule has 4 heteroatoms. The van der Waals surface area contributed by atoms with Crippen molar-refractivity contribution in [3.63, 3.8) is 0 Å². The van der Waals surface area contributed by atoms with Crippen LogP contribution in [-0.4, -0.2) is 9.55 Å². The Labute approximate surface area is 105 Å². The van der Waals surface area contributed by atoms with Gasteiger partial charge >= 0.3 is 0 Å². The summed E-state index contributed by atoms with van der Waals surface area (Å²) in [5.41, 5.74) is 8.26. The zero-order valence-electron chi connectivity index (χ0n) is 10.1. The molecule has 0 spiro atoms. The molecule has 0 saturated heterocycles. The highest BCUT2D eigenvalue weighted by Gasteiger charge is 2.20. The Morgan fingerprint density at radius 2 is 2.11 bits per heavy atom. The first kappa shape index (κ1) is 11.4. The molecule has 3 nitrogen and oxygen atoms in total. The molecule has 3 rings (SSSR count). The summed E-state index contributed by atoms with van der Waals surface area (Å²) in [7, 11) is 0. The van der Waals surface area contributed by atoms with E-state index in [0.29, 0.717) is 0 Å². The van der Waals surface area contributed by atoms with E-state index in [4.69, 9.17) is 5.73 Å². The van der Waals surface area contributed by atoms with Crippen LogP contribution in [0.1, 0.15) is 36.0 Å². The van der Waals surface area contributed by atoms with Crippen LogP contribution in [-0.2, 0) is 13.0 Å². The Morgan fingerprint density at radius 1 is 1.33 bits per heavy atom. The minimum absolute atomic E-state index is 0.105. The number of halogens is 1. The van der Waals surface area contributed by atoms with E-state index in [-0.39, 0.29) is 11.9 Å². The summed E-state index contributed by atoms with van der Waals surface area (Å²) >= 11 is 0. The minimum atomic E-state index is -0.203. The van der Waals surface area contributed by atoms with Crippen LogP contribution in [0.4, 0.5) is 4.39 Å². The summed E-state index contributed by atoms with van der Waals surface area (Å²) in [6.45, 7) is 0.986. The number of hydrogen-bond acceptors (Lipinski definition) is 2. The van der Waals surface area contributed by atoms with Crippen LogP contribution < -0.4 is 5.73 Å². The summed E-state index contributed by atoms with van der Waals surface area (Å²) < 4.78 is 15.1. The fourth-order valence-corrected chi connectivity index (χ4v) is 2.53. The van der Waals surface area contributed by atoms with Crippen molar-refractivity contribution < 1.29 is 4.39 Å². The van der Waals surface area contributed by atoms with Gasteiger partial charge in [0.25, 0.3) is 0 Å². The lowest BCUT2D eigenvalue weighted by atomic mass is 10.1. The van der Waals surface area contributed by atoms with Crippen LogP contribution in [0.3, 0.4) is 0 Å². The van der Waals surface area contributed by atoms with Gasteiger partial charge in [0.15, 0.2) is 0 Å². The van der Waals surface area contributed by atoms with Crippen molar-refractivity contribution in [2.75, 3.05) is 0 Å². The summed E-state index contributed by atoms with van der Waals surface area (Å²) in [6.07, 6.45) is 4.73. The number of fused-ring (bicyclic) bond motifs is 1. The first-order valence-electron chi connectivity index (χ1n) is 6.28. The van der Waals surface area contributed by atoms with Crippen molar-refractivity contribution in [2.45, 2.75) is 31.8 Å². The molecule has 2 N–H and O–H groups in total. The molecule has 1 unspecified atom stereocenters. The Balaban J connectivity index is 1.87. The van der Waals surface area contributed by atoms with Gasteiger partial charge in [0.2, 0.25) is 0 Å². The first-order valence-corrected chi connectivity index (χ1v) is 6.28. The largest absolute Gasteiger partial charge is 0.330 e. The smallest absolute Gasteiger partial charge is 0.123 e. The summed E-state index contributed by atoms with van der Waals surface area (Å²) in [4.78, 5) is 4.46. The quantitative estimate of drug-likeness (QED) is 0.883. The summed E-state index contributed by atoms with van der Waals surface area (Å²) in [5.74, 6) is 0.817. The molecule has 1 aromatic carbocycles. The standard InChI is InChI=1S/C14H16FN3/c15-11-5-3-10(4-6-11)8-14-17-9-13-12(16)2-1-7-18(13)14/h3-6,9,12H,1-2,7-8,16H2. The highest BCUT2D eigenvalue weighted by Crippen LogP contribution is 2.24. The fourth-order valence-electron chi connectivity index (χ4n) is 2.53. The van der Waals surface area contributed by atoms with Gasteiger partial charge in [0, 0.05) is 19.0 Å². The Kier molecular flexibility index (Phi) is 2.88. The van der Waals surface area contributed by atoms with Gasteiger partial charge in [-0.1, -0.05) is 12.1 Å². The number of hydrogen-bond donors (Lipinski definition) is 1. The number of nitrogens with two attached hydrogens (primary N) is 1. The predicted octanol–water partition coefficient (Wildman–Crippen LogP) is 2.41. The van der Waals surface area contributed by atoms with E-state index in [1.807, 2.05) is 6.20 Å². The highest BCUT2D eigenvalue weighted by molar-refractivity contribution is 5.22. The molecule has 1 aromatic heterocycles. The maximum atomic E-state index is 12.9. The maximum Gasteiger partial charge on any atom is 0.123 e. The first-order chi connectivity index (χ1) is 8.74. The monoisotopic (exact) mass is 245 g/mol. The van der Waals surface area contributed by atoms with Crippen LogP contribution in [0.15, 0.2) is 30.5 Å². The molecule has 1 aliphatic rings. The summed E-state index contributed by atoms with van der Waals surface area (Å²) in [6, 6.07) is 6.69. The van der Waals surface area contributed by atoms with Crippen LogP contribution in [0.5, 0.6) is 0 Å². The van der Waals surface area contributed by atoms with Crippen LogP contribution in [0.2, 0.25) is 0 Å². The SMILES string of the molecule is NC1CCCn2c1cnc2Cc1ccc(F)cc1. The number of rotatable bonds is 2. The fraction of sp³-hybridized carbons (Fsp3) is 0.357. The van der Waals surface area contributed by atoms with E-state index in [2.05, 4.69) is 9.55 Å². The van der Waals surface area contributed by atoms with Crippen molar-refractivity contribution in [1.82, 2.24) is 9.55 Å². The van der Waals surface area contributed by atoms with Crippen molar-refractivity contribution >= 4 is 0 Å². The molecule has 0 amide bonds. The normalized spacial score (nSPS) is 18.7. The average Bonchev–Trinajstić information content (AvgIpc) is 2.77. The minimum Gasteiger partial charge on any atom is -0.330 e. The number of aromatic nitrogens is 2. The van der Waals surface area contributed by atoms with Gasteiger partial charge in [0.1, 0.15) is 11.6 Å². The van der Waals surface area contributed by atoms with E-state index in [0.717, 1.165) is 42.9 Å². The zero-order chi connectivity index (χ0) is 12.5. The molecule has 0 radical (unpaired) electrons. The van der Waals surface area contributed by atoms with E-state index in [9.17, 15) is 4.39 Å². The molecule has 0 bridgehead atoms. The topological polar surface area (TPSA) is 43.8 Å². The second-order valence-corrected chi connectivity index (χ2v) is 4.80. The molecule has 0 saturated carbocycles. The molecule has 0 fully saturated rings. The third kappa shape index (κ3) is 2.04. The number of benzene rings is 1. The van der Waals surface area contributed by atoms with E-state index in [1.165, 1.54) is 12.1 Å². The van der Waals surface area contributed by atoms with Crippen LogP contribution in [0.25, 0.3) is 0 Å². The molecule has 0 aliphatic carbocycles. The van der Waals surface area contributed by atoms with E-state index >= 15 is 0 Å². The van der Waals surface area contributed by atoms with Crippen molar-refractivity contribution in [3.05, 3.63) is 53.4 Å². The van der Waals surface area contributed by atoms with Gasteiger partial charge < -0.3 is 10.3 Å². The molecule has 18 heavy (non-hydrogen) atoms. The molecular weight excluding hydrogens is 229 g/mol.